The van der Waals surface area contributed by atoms with Gasteiger partial charge in [0.25, 0.3) is 0 Å². The third-order valence-corrected chi connectivity index (χ3v) is 5.11. The van der Waals surface area contributed by atoms with Gasteiger partial charge in [0.05, 0.1) is 0 Å². The molecule has 5 rings (SSSR count). The molecular formula is C23H17N3O. The minimum atomic E-state index is 0.577. The van der Waals surface area contributed by atoms with Crippen LogP contribution in [0.5, 0.6) is 0 Å². The van der Waals surface area contributed by atoms with Crippen LogP contribution >= 0.6 is 0 Å². The molecule has 1 aliphatic rings. The van der Waals surface area contributed by atoms with Crippen LogP contribution in [0, 0.1) is 0 Å². The summed E-state index contributed by atoms with van der Waals surface area (Å²) in [6, 6.07) is 20.7. The maximum atomic E-state index is 11.1. The Morgan fingerprint density at radius 1 is 0.963 bits per heavy atom. The second-order valence-electron chi connectivity index (χ2n) is 6.66. The van der Waals surface area contributed by atoms with Gasteiger partial charge in [0.15, 0.2) is 12.1 Å². The Bertz CT molecular complexity index is 1150. The lowest BCUT2D eigenvalue weighted by atomic mass is 9.98. The number of pyridine rings is 2. The molecule has 2 aromatic heterocycles. The van der Waals surface area contributed by atoms with Crippen molar-refractivity contribution in [1.29, 1.82) is 0 Å². The first-order valence-corrected chi connectivity index (χ1v) is 9.00. The van der Waals surface area contributed by atoms with Crippen molar-refractivity contribution >= 4 is 28.7 Å². The zero-order valence-electron chi connectivity index (χ0n) is 14.7. The highest BCUT2D eigenvalue weighted by atomic mass is 16.1. The molecule has 0 spiro atoms. The van der Waals surface area contributed by atoms with E-state index in [4.69, 9.17) is 0 Å². The zero-order valence-corrected chi connectivity index (χ0v) is 14.7. The molecule has 4 nitrogen and oxygen atoms in total. The molecule has 0 saturated carbocycles. The Labute approximate surface area is 157 Å². The quantitative estimate of drug-likeness (QED) is 0.497. The van der Waals surface area contributed by atoms with Crippen LogP contribution in [0.4, 0.5) is 11.5 Å². The lowest BCUT2D eigenvalue weighted by molar-refractivity contribution is 0.112. The first kappa shape index (κ1) is 15.7. The summed E-state index contributed by atoms with van der Waals surface area (Å²) in [5.41, 5.74) is 6.42. The predicted molar refractivity (Wildman–Crippen MR) is 108 cm³/mol. The van der Waals surface area contributed by atoms with Gasteiger partial charge in [-0.2, -0.15) is 0 Å². The van der Waals surface area contributed by atoms with E-state index in [1.807, 2.05) is 18.2 Å². The van der Waals surface area contributed by atoms with Gasteiger partial charge in [-0.25, -0.2) is 4.98 Å². The van der Waals surface area contributed by atoms with Gasteiger partial charge < -0.3 is 4.90 Å². The van der Waals surface area contributed by atoms with E-state index in [2.05, 4.69) is 57.3 Å². The smallest absolute Gasteiger partial charge is 0.159 e. The van der Waals surface area contributed by atoms with E-state index in [1.54, 1.807) is 12.4 Å². The molecule has 4 heteroatoms. The second kappa shape index (κ2) is 6.32. The summed E-state index contributed by atoms with van der Waals surface area (Å²) >= 11 is 0. The maximum Gasteiger partial charge on any atom is 0.159 e. The van der Waals surface area contributed by atoms with Gasteiger partial charge in [0.1, 0.15) is 5.52 Å². The number of fused-ring (bicyclic) bond motifs is 2. The largest absolute Gasteiger partial charge is 0.324 e. The number of nitrogens with zero attached hydrogens (tertiary/aromatic N) is 3. The van der Waals surface area contributed by atoms with E-state index < -0.39 is 0 Å². The van der Waals surface area contributed by atoms with E-state index in [9.17, 15) is 4.79 Å². The van der Waals surface area contributed by atoms with Crippen LogP contribution < -0.4 is 4.90 Å². The minimum absolute atomic E-state index is 0.577. The zero-order chi connectivity index (χ0) is 18.2. The Hall–Kier alpha value is -3.53. The molecule has 0 N–H and O–H groups in total. The number of rotatable bonds is 3. The lowest BCUT2D eigenvalue weighted by Gasteiger charge is -2.20. The Morgan fingerprint density at radius 3 is 2.70 bits per heavy atom. The highest BCUT2D eigenvalue weighted by molar-refractivity contribution is 5.94. The topological polar surface area (TPSA) is 46.1 Å². The van der Waals surface area contributed by atoms with Crippen LogP contribution in [0.25, 0.3) is 22.0 Å². The van der Waals surface area contributed by atoms with Gasteiger partial charge in [-0.1, -0.05) is 42.5 Å². The normalized spacial score (nSPS) is 13.0. The summed E-state index contributed by atoms with van der Waals surface area (Å²) < 4.78 is 0. The van der Waals surface area contributed by atoms with Gasteiger partial charge >= 0.3 is 0 Å². The second-order valence-corrected chi connectivity index (χ2v) is 6.66. The summed E-state index contributed by atoms with van der Waals surface area (Å²) in [6.45, 7) is 0.863. The molecule has 0 fully saturated rings. The molecule has 0 saturated heterocycles. The molecule has 27 heavy (non-hydrogen) atoms. The highest BCUT2D eigenvalue weighted by Crippen LogP contribution is 2.40. The summed E-state index contributed by atoms with van der Waals surface area (Å²) in [7, 11) is 0. The van der Waals surface area contributed by atoms with Crippen LogP contribution in [0.15, 0.2) is 73.1 Å². The number of aldehydes is 1. The predicted octanol–water partition coefficient (Wildman–Crippen LogP) is 4.80. The van der Waals surface area contributed by atoms with E-state index in [0.29, 0.717) is 5.56 Å². The molecule has 0 bridgehead atoms. The number of benzene rings is 2. The van der Waals surface area contributed by atoms with Gasteiger partial charge in [-0.05, 0) is 41.3 Å². The maximum absolute atomic E-state index is 11.1. The molecule has 3 heterocycles. The summed E-state index contributed by atoms with van der Waals surface area (Å²) in [4.78, 5) is 22.4. The minimum Gasteiger partial charge on any atom is -0.324 e. The first-order valence-electron chi connectivity index (χ1n) is 9.00. The summed E-state index contributed by atoms with van der Waals surface area (Å²) in [6.07, 6.45) is 5.18. The van der Waals surface area contributed by atoms with E-state index in [1.165, 1.54) is 22.4 Å². The van der Waals surface area contributed by atoms with Gasteiger partial charge in [0, 0.05) is 35.6 Å². The number of hydrogen-bond acceptors (Lipinski definition) is 4. The molecule has 0 aliphatic carbocycles. The van der Waals surface area contributed by atoms with Crippen LogP contribution in [0.2, 0.25) is 0 Å². The average molecular weight is 351 g/mol. The number of hydrogen-bond donors (Lipinski definition) is 0. The van der Waals surface area contributed by atoms with Crippen LogP contribution in [-0.4, -0.2) is 22.8 Å². The first-order chi connectivity index (χ1) is 13.3. The van der Waals surface area contributed by atoms with Crippen molar-refractivity contribution in [2.75, 3.05) is 11.4 Å². The SMILES string of the molecule is O=Cc1cnc2c(N3CCc4c(-c5ccccc5)cccc43)nccc2c1. The Kier molecular flexibility index (Phi) is 3.68. The number of carbonyl (C=O) groups is 1. The van der Waals surface area contributed by atoms with E-state index in [-0.39, 0.29) is 0 Å². The Balaban J connectivity index is 1.65. The molecule has 1 aliphatic heterocycles. The van der Waals surface area contributed by atoms with Crippen molar-refractivity contribution in [2.24, 2.45) is 0 Å². The Morgan fingerprint density at radius 2 is 1.85 bits per heavy atom. The molecule has 0 unspecified atom stereocenters. The molecule has 130 valence electrons. The monoisotopic (exact) mass is 351 g/mol. The van der Waals surface area contributed by atoms with Crippen molar-refractivity contribution < 1.29 is 4.79 Å². The standard InChI is InChI=1S/C23H17N3O/c27-15-16-13-18-9-11-24-23(22(18)25-14-16)26-12-10-20-19(7-4-8-21(20)26)17-5-2-1-3-6-17/h1-9,11,13-15H,10,12H2. The number of anilines is 2. The van der Waals surface area contributed by atoms with Crippen molar-refractivity contribution in [1.82, 2.24) is 9.97 Å². The van der Waals surface area contributed by atoms with E-state index in [0.717, 1.165) is 36.0 Å². The van der Waals surface area contributed by atoms with Crippen LogP contribution in [-0.2, 0) is 6.42 Å². The van der Waals surface area contributed by atoms with E-state index >= 15 is 0 Å². The van der Waals surface area contributed by atoms with Crippen molar-refractivity contribution in [2.45, 2.75) is 6.42 Å². The van der Waals surface area contributed by atoms with Crippen molar-refractivity contribution in [3.05, 3.63) is 84.2 Å². The van der Waals surface area contributed by atoms with Gasteiger partial charge in [0.2, 0.25) is 0 Å². The van der Waals surface area contributed by atoms with Gasteiger partial charge in [-0.15, -0.1) is 0 Å². The third-order valence-electron chi connectivity index (χ3n) is 5.11. The number of carbonyl (C=O) groups excluding carboxylic acids is 1. The molecule has 0 radical (unpaired) electrons. The summed E-state index contributed by atoms with van der Waals surface area (Å²) in [5.74, 6) is 0.842. The lowest BCUT2D eigenvalue weighted by Crippen LogP contribution is -2.15. The third kappa shape index (κ3) is 2.57. The molecule has 0 amide bonds. The van der Waals surface area contributed by atoms with Crippen molar-refractivity contribution in [3.63, 3.8) is 0 Å². The average Bonchev–Trinajstić information content (AvgIpc) is 3.17. The van der Waals surface area contributed by atoms with Crippen LogP contribution in [0.3, 0.4) is 0 Å². The van der Waals surface area contributed by atoms with Crippen LogP contribution in [0.1, 0.15) is 15.9 Å². The van der Waals surface area contributed by atoms with Gasteiger partial charge in [-0.3, -0.25) is 9.78 Å². The molecule has 4 aromatic rings. The molecule has 2 aromatic carbocycles. The molecule has 0 atom stereocenters. The summed E-state index contributed by atoms with van der Waals surface area (Å²) in [5, 5.41) is 0.928. The highest BCUT2D eigenvalue weighted by Gasteiger charge is 2.25. The fourth-order valence-corrected chi connectivity index (χ4v) is 3.87. The fraction of sp³-hybridized carbons (Fsp3) is 0.0870. The number of aromatic nitrogens is 2. The molecular weight excluding hydrogens is 334 g/mol. The van der Waals surface area contributed by atoms with Crippen molar-refractivity contribution in [3.8, 4) is 11.1 Å². The fourth-order valence-electron chi connectivity index (χ4n) is 3.87.